The zero-order valence-corrected chi connectivity index (χ0v) is 17.4. The Morgan fingerprint density at radius 1 is 0.903 bits per heavy atom. The summed E-state index contributed by atoms with van der Waals surface area (Å²) in [7, 11) is 0. The first kappa shape index (κ1) is 19.7. The van der Waals surface area contributed by atoms with Crippen molar-refractivity contribution in [3.05, 3.63) is 87.3 Å². The van der Waals surface area contributed by atoms with E-state index in [1.54, 1.807) is 42.0 Å². The second kappa shape index (κ2) is 7.47. The van der Waals surface area contributed by atoms with E-state index in [1.165, 1.54) is 18.2 Å². The van der Waals surface area contributed by atoms with Crippen LogP contribution in [0.15, 0.2) is 53.7 Å². The van der Waals surface area contributed by atoms with Gasteiger partial charge in [0.15, 0.2) is 11.6 Å². The molecule has 31 heavy (non-hydrogen) atoms. The molecule has 0 bridgehead atoms. The SMILES string of the molecule is C[C@@H]1N=C(c2c(F)cccc2F)c2c(ccc(Cl)c2Cl)-n2c(-c3cccnn3)nnc21. The predicted molar refractivity (Wildman–Crippen MR) is 113 cm³/mol. The molecular weight excluding hydrogens is 445 g/mol. The number of hydrogen-bond donors (Lipinski definition) is 0. The maximum absolute atomic E-state index is 14.8. The van der Waals surface area contributed by atoms with Gasteiger partial charge >= 0.3 is 0 Å². The highest BCUT2D eigenvalue weighted by Crippen LogP contribution is 2.39. The molecule has 0 amide bonds. The maximum Gasteiger partial charge on any atom is 0.189 e. The van der Waals surface area contributed by atoms with Gasteiger partial charge < -0.3 is 0 Å². The molecule has 2 aromatic heterocycles. The fourth-order valence-corrected chi connectivity index (χ4v) is 3.98. The topological polar surface area (TPSA) is 68.8 Å². The van der Waals surface area contributed by atoms with Gasteiger partial charge in [0.05, 0.1) is 27.0 Å². The number of halogens is 4. The smallest absolute Gasteiger partial charge is 0.189 e. The second-order valence-electron chi connectivity index (χ2n) is 6.83. The number of rotatable bonds is 2. The number of aromatic nitrogens is 5. The van der Waals surface area contributed by atoms with Crippen LogP contribution in [0.1, 0.15) is 29.9 Å². The highest BCUT2D eigenvalue weighted by molar-refractivity contribution is 6.45. The van der Waals surface area contributed by atoms with Gasteiger partial charge in [-0.2, -0.15) is 5.10 Å². The van der Waals surface area contributed by atoms with E-state index >= 15 is 0 Å². The molecule has 10 heteroatoms. The lowest BCUT2D eigenvalue weighted by molar-refractivity contribution is 0.578. The van der Waals surface area contributed by atoms with Gasteiger partial charge in [-0.05, 0) is 43.3 Å². The molecule has 0 radical (unpaired) electrons. The van der Waals surface area contributed by atoms with Crippen LogP contribution in [0.25, 0.3) is 17.2 Å². The van der Waals surface area contributed by atoms with E-state index in [1.807, 2.05) is 0 Å². The quantitative estimate of drug-likeness (QED) is 0.414. The summed E-state index contributed by atoms with van der Waals surface area (Å²) in [6.45, 7) is 1.75. The molecule has 4 aromatic rings. The Hall–Kier alpha value is -3.23. The molecule has 1 aliphatic heterocycles. The third-order valence-electron chi connectivity index (χ3n) is 4.94. The normalized spacial score (nSPS) is 15.1. The fraction of sp³-hybridized carbons (Fsp3) is 0.0952. The van der Waals surface area contributed by atoms with Crippen LogP contribution in [-0.2, 0) is 0 Å². The summed E-state index contributed by atoms with van der Waals surface area (Å²) in [5, 5.41) is 16.9. The molecule has 0 fully saturated rings. The third-order valence-corrected chi connectivity index (χ3v) is 5.74. The number of hydrogen-bond acceptors (Lipinski definition) is 5. The maximum atomic E-state index is 14.8. The molecule has 1 atom stereocenters. The van der Waals surface area contributed by atoms with E-state index in [0.717, 1.165) is 0 Å². The second-order valence-corrected chi connectivity index (χ2v) is 7.62. The van der Waals surface area contributed by atoms with Gasteiger partial charge in [0.1, 0.15) is 23.4 Å². The third kappa shape index (κ3) is 3.10. The molecule has 6 nitrogen and oxygen atoms in total. The molecule has 0 saturated carbocycles. The first-order chi connectivity index (χ1) is 15.0. The Kier molecular flexibility index (Phi) is 4.75. The van der Waals surface area contributed by atoms with Crippen LogP contribution < -0.4 is 0 Å². The Balaban J connectivity index is 1.88. The van der Waals surface area contributed by atoms with E-state index in [9.17, 15) is 8.78 Å². The van der Waals surface area contributed by atoms with Crippen LogP contribution in [0.2, 0.25) is 10.0 Å². The Morgan fingerprint density at radius 2 is 1.68 bits per heavy atom. The van der Waals surface area contributed by atoms with Gasteiger partial charge in [0.25, 0.3) is 0 Å². The minimum atomic E-state index is -0.764. The van der Waals surface area contributed by atoms with Crippen LogP contribution in [0.4, 0.5) is 8.78 Å². The summed E-state index contributed by atoms with van der Waals surface area (Å²) in [6, 6.07) is 9.75. The zero-order chi connectivity index (χ0) is 21.7. The lowest BCUT2D eigenvalue weighted by atomic mass is 9.99. The molecule has 2 aromatic carbocycles. The van der Waals surface area contributed by atoms with Crippen molar-refractivity contribution in [2.45, 2.75) is 13.0 Å². The van der Waals surface area contributed by atoms with Gasteiger partial charge in [-0.25, -0.2) is 8.78 Å². The van der Waals surface area contributed by atoms with Crippen molar-refractivity contribution < 1.29 is 8.78 Å². The van der Waals surface area contributed by atoms with E-state index in [4.69, 9.17) is 23.2 Å². The van der Waals surface area contributed by atoms with Gasteiger partial charge in [0, 0.05) is 11.8 Å². The number of benzene rings is 2. The van der Waals surface area contributed by atoms with Crippen LogP contribution >= 0.6 is 23.2 Å². The molecule has 5 rings (SSSR count). The lowest BCUT2D eigenvalue weighted by Gasteiger charge is -2.16. The average Bonchev–Trinajstić information content (AvgIpc) is 3.16. The lowest BCUT2D eigenvalue weighted by Crippen LogP contribution is -2.13. The fourth-order valence-electron chi connectivity index (χ4n) is 3.57. The monoisotopic (exact) mass is 456 g/mol. The number of fused-ring (bicyclic) bond motifs is 3. The summed E-state index contributed by atoms with van der Waals surface area (Å²) in [6.07, 6.45) is 1.54. The molecule has 1 aliphatic rings. The highest BCUT2D eigenvalue weighted by atomic mass is 35.5. The van der Waals surface area contributed by atoms with Crippen molar-refractivity contribution in [3.63, 3.8) is 0 Å². The molecule has 154 valence electrons. The summed E-state index contributed by atoms with van der Waals surface area (Å²) >= 11 is 12.9. The average molecular weight is 457 g/mol. The van der Waals surface area contributed by atoms with Crippen molar-refractivity contribution in [2.75, 3.05) is 0 Å². The predicted octanol–water partition coefficient (Wildman–Crippen LogP) is 5.22. The Morgan fingerprint density at radius 3 is 2.39 bits per heavy atom. The molecule has 0 unspecified atom stereocenters. The van der Waals surface area contributed by atoms with Crippen LogP contribution in [0, 0.1) is 11.6 Å². The van der Waals surface area contributed by atoms with Crippen LogP contribution in [-0.4, -0.2) is 30.7 Å². The van der Waals surface area contributed by atoms with Crippen molar-refractivity contribution >= 4 is 28.9 Å². The molecule has 0 saturated heterocycles. The van der Waals surface area contributed by atoms with Crippen molar-refractivity contribution in [1.29, 1.82) is 0 Å². The first-order valence-electron chi connectivity index (χ1n) is 9.21. The standard InChI is InChI=1S/C21H12Cl2F2N6/c1-10-20-29-30-21(14-6-3-9-26-28-14)31(20)15-8-7-11(22)18(23)17(15)19(27-10)16-12(24)4-2-5-13(16)25/h2-10H,1H3/t10-/m0/s1. The molecule has 3 heterocycles. The largest absolute Gasteiger partial charge is 0.275 e. The summed E-state index contributed by atoms with van der Waals surface area (Å²) in [4.78, 5) is 4.59. The molecule has 0 aliphatic carbocycles. The molecular formula is C21H12Cl2F2N6. The molecule has 0 N–H and O–H groups in total. The molecule has 0 spiro atoms. The van der Waals surface area contributed by atoms with Crippen molar-refractivity contribution in [3.8, 4) is 17.2 Å². The highest BCUT2D eigenvalue weighted by Gasteiger charge is 2.32. The Bertz CT molecular complexity index is 1330. The van der Waals surface area contributed by atoms with Crippen molar-refractivity contribution in [2.24, 2.45) is 4.99 Å². The number of aliphatic imine (C=N–C) groups is 1. The zero-order valence-electron chi connectivity index (χ0n) is 15.9. The Labute approximate surface area is 185 Å². The van der Waals surface area contributed by atoms with Gasteiger partial charge in [0.2, 0.25) is 0 Å². The van der Waals surface area contributed by atoms with E-state index in [0.29, 0.717) is 23.0 Å². The van der Waals surface area contributed by atoms with Crippen molar-refractivity contribution in [1.82, 2.24) is 25.0 Å². The van der Waals surface area contributed by atoms with Gasteiger partial charge in [-0.15, -0.1) is 15.3 Å². The van der Waals surface area contributed by atoms with Gasteiger partial charge in [-0.1, -0.05) is 29.3 Å². The first-order valence-corrected chi connectivity index (χ1v) is 9.97. The van der Waals surface area contributed by atoms with E-state index in [2.05, 4.69) is 25.4 Å². The van der Waals surface area contributed by atoms with E-state index < -0.39 is 17.7 Å². The minimum Gasteiger partial charge on any atom is -0.275 e. The minimum absolute atomic E-state index is 0.0428. The van der Waals surface area contributed by atoms with Gasteiger partial charge in [-0.3, -0.25) is 9.56 Å². The summed E-state index contributed by atoms with van der Waals surface area (Å²) < 4.78 is 31.2. The van der Waals surface area contributed by atoms with Crippen LogP contribution in [0.5, 0.6) is 0 Å². The van der Waals surface area contributed by atoms with Crippen LogP contribution in [0.3, 0.4) is 0 Å². The summed E-state index contributed by atoms with van der Waals surface area (Å²) in [5.41, 5.74) is 0.959. The summed E-state index contributed by atoms with van der Waals surface area (Å²) in [5.74, 6) is -0.688. The number of nitrogens with zero attached hydrogens (tertiary/aromatic N) is 6. The van der Waals surface area contributed by atoms with E-state index in [-0.39, 0.29) is 26.9 Å².